The molecule has 1 fully saturated rings. The lowest BCUT2D eigenvalue weighted by Crippen LogP contribution is -2.33. The lowest BCUT2D eigenvalue weighted by molar-refractivity contribution is 0.176. The van der Waals surface area contributed by atoms with E-state index in [0.717, 1.165) is 19.0 Å². The van der Waals surface area contributed by atoms with Crippen LogP contribution < -0.4 is 0 Å². The van der Waals surface area contributed by atoms with Crippen LogP contribution in [0, 0.1) is 5.92 Å². The zero-order valence-electron chi connectivity index (χ0n) is 14.3. The van der Waals surface area contributed by atoms with Crippen molar-refractivity contribution >= 4 is 21.8 Å². The van der Waals surface area contributed by atoms with Crippen molar-refractivity contribution in [3.63, 3.8) is 0 Å². The summed E-state index contributed by atoms with van der Waals surface area (Å²) in [6.45, 7) is 9.21. The molecule has 0 aliphatic carbocycles. The van der Waals surface area contributed by atoms with Gasteiger partial charge in [-0.25, -0.2) is 0 Å². The number of fused-ring (bicyclic) bond motifs is 3. The molecule has 2 heterocycles. The molecule has 1 atom stereocenters. The summed E-state index contributed by atoms with van der Waals surface area (Å²) >= 11 is 0. The third-order valence-corrected chi connectivity index (χ3v) is 5.30. The van der Waals surface area contributed by atoms with Gasteiger partial charge >= 0.3 is 0 Å². The molecule has 0 spiro atoms. The second-order valence-electron chi connectivity index (χ2n) is 7.10. The highest BCUT2D eigenvalue weighted by Crippen LogP contribution is 2.30. The van der Waals surface area contributed by atoms with Crippen LogP contribution in [0.1, 0.15) is 32.3 Å². The van der Waals surface area contributed by atoms with Gasteiger partial charge in [-0.1, -0.05) is 31.2 Å². The van der Waals surface area contributed by atoms with Crippen LogP contribution in [0.3, 0.4) is 0 Å². The summed E-state index contributed by atoms with van der Waals surface area (Å²) in [5.74, 6) is 0.842. The van der Waals surface area contributed by atoms with Crippen LogP contribution >= 0.6 is 0 Å². The minimum atomic E-state index is 0.842. The number of hydrogen-bond donors (Lipinski definition) is 0. The normalized spacial score (nSPS) is 19.7. The maximum atomic E-state index is 2.62. The number of likely N-dealkylation sites (tertiary alicyclic amines) is 1. The fourth-order valence-corrected chi connectivity index (χ4v) is 4.23. The van der Waals surface area contributed by atoms with Gasteiger partial charge in [0.25, 0.3) is 0 Å². The first-order valence-corrected chi connectivity index (χ1v) is 8.98. The number of aromatic nitrogens is 1. The Kier molecular flexibility index (Phi) is 3.86. The average Bonchev–Trinajstić information content (AvgIpc) is 2.88. The van der Waals surface area contributed by atoms with E-state index in [1.807, 2.05) is 0 Å². The third kappa shape index (κ3) is 2.66. The van der Waals surface area contributed by atoms with E-state index in [0.29, 0.717) is 0 Å². The second kappa shape index (κ2) is 6.01. The van der Waals surface area contributed by atoms with Gasteiger partial charge in [-0.15, -0.1) is 0 Å². The number of benzene rings is 2. The number of aryl methyl sites for hydroxylation is 1. The molecule has 2 heteroatoms. The third-order valence-electron chi connectivity index (χ3n) is 5.30. The lowest BCUT2D eigenvalue weighted by Gasteiger charge is -2.30. The first kappa shape index (κ1) is 14.8. The SMILES string of the molecule is CCn1c2ccccc2c2cc(CN3CCCC(C)C3)ccc21. The molecule has 0 radical (unpaired) electrons. The maximum absolute atomic E-state index is 2.62. The molecule has 0 amide bonds. The summed E-state index contributed by atoms with van der Waals surface area (Å²) in [6.07, 6.45) is 2.73. The Morgan fingerprint density at radius 1 is 1.04 bits per heavy atom. The predicted octanol–water partition coefficient (Wildman–Crippen LogP) is 5.05. The van der Waals surface area contributed by atoms with Gasteiger partial charge in [0, 0.05) is 41.4 Å². The van der Waals surface area contributed by atoms with Crippen LogP contribution in [0.4, 0.5) is 0 Å². The molecule has 1 aromatic heterocycles. The van der Waals surface area contributed by atoms with Crippen molar-refractivity contribution in [2.45, 2.75) is 39.8 Å². The molecule has 2 aromatic carbocycles. The highest BCUT2D eigenvalue weighted by Gasteiger charge is 2.17. The van der Waals surface area contributed by atoms with Crippen molar-refractivity contribution in [1.82, 2.24) is 9.47 Å². The predicted molar refractivity (Wildman–Crippen MR) is 98.8 cm³/mol. The van der Waals surface area contributed by atoms with Crippen molar-refractivity contribution in [3.05, 3.63) is 48.0 Å². The van der Waals surface area contributed by atoms with Crippen LogP contribution in [-0.4, -0.2) is 22.6 Å². The van der Waals surface area contributed by atoms with Crippen molar-refractivity contribution in [2.75, 3.05) is 13.1 Å². The summed E-state index contributed by atoms with van der Waals surface area (Å²) < 4.78 is 2.43. The van der Waals surface area contributed by atoms with E-state index in [1.165, 1.54) is 53.3 Å². The first-order chi connectivity index (χ1) is 11.3. The lowest BCUT2D eigenvalue weighted by atomic mass is 9.99. The van der Waals surface area contributed by atoms with E-state index in [-0.39, 0.29) is 0 Å². The smallest absolute Gasteiger partial charge is 0.0491 e. The quantitative estimate of drug-likeness (QED) is 0.657. The molecule has 4 rings (SSSR count). The highest BCUT2D eigenvalue weighted by molar-refractivity contribution is 6.08. The van der Waals surface area contributed by atoms with Crippen LogP contribution in [0.25, 0.3) is 21.8 Å². The Labute approximate surface area is 138 Å². The Hall–Kier alpha value is -1.80. The fourth-order valence-electron chi connectivity index (χ4n) is 4.23. The van der Waals surface area contributed by atoms with E-state index in [1.54, 1.807) is 0 Å². The number of hydrogen-bond acceptors (Lipinski definition) is 1. The van der Waals surface area contributed by atoms with Gasteiger partial charge in [-0.2, -0.15) is 0 Å². The van der Waals surface area contributed by atoms with Crippen LogP contribution in [0.2, 0.25) is 0 Å². The summed E-state index contributed by atoms with van der Waals surface area (Å²) in [5, 5.41) is 2.79. The Morgan fingerprint density at radius 3 is 2.70 bits per heavy atom. The highest BCUT2D eigenvalue weighted by atomic mass is 15.1. The van der Waals surface area contributed by atoms with Crippen molar-refractivity contribution in [2.24, 2.45) is 5.92 Å². The van der Waals surface area contributed by atoms with Gasteiger partial charge in [0.1, 0.15) is 0 Å². The number of nitrogens with zero attached hydrogens (tertiary/aromatic N) is 2. The van der Waals surface area contributed by atoms with E-state index in [9.17, 15) is 0 Å². The molecule has 0 saturated carbocycles. The summed E-state index contributed by atoms with van der Waals surface area (Å²) in [4.78, 5) is 2.62. The van der Waals surface area contributed by atoms with Gasteiger partial charge < -0.3 is 4.57 Å². The molecule has 1 unspecified atom stereocenters. The molecular formula is C21H26N2. The molecule has 3 aromatic rings. The fraction of sp³-hybridized carbons (Fsp3) is 0.429. The van der Waals surface area contributed by atoms with Gasteiger partial charge in [0.15, 0.2) is 0 Å². The maximum Gasteiger partial charge on any atom is 0.0491 e. The van der Waals surface area contributed by atoms with E-state index >= 15 is 0 Å². The summed E-state index contributed by atoms with van der Waals surface area (Å²) in [5.41, 5.74) is 4.17. The average molecular weight is 306 g/mol. The standard InChI is InChI=1S/C21H26N2/c1-3-23-20-9-5-4-8-18(20)19-13-17(10-11-21(19)23)15-22-12-6-7-16(2)14-22/h4-5,8-11,13,16H,3,6-7,12,14-15H2,1-2H3. The largest absolute Gasteiger partial charge is 0.341 e. The monoisotopic (exact) mass is 306 g/mol. The van der Waals surface area contributed by atoms with Gasteiger partial charge in [-0.05, 0) is 56.0 Å². The van der Waals surface area contributed by atoms with Crippen molar-refractivity contribution in [1.29, 1.82) is 0 Å². The molecule has 1 aliphatic heterocycles. The topological polar surface area (TPSA) is 8.17 Å². The number of para-hydroxylation sites is 1. The minimum Gasteiger partial charge on any atom is -0.341 e. The zero-order valence-corrected chi connectivity index (χ0v) is 14.3. The van der Waals surface area contributed by atoms with Crippen LogP contribution in [-0.2, 0) is 13.1 Å². The molecule has 1 saturated heterocycles. The molecule has 2 nitrogen and oxygen atoms in total. The van der Waals surface area contributed by atoms with Gasteiger partial charge in [0.2, 0.25) is 0 Å². The Bertz CT molecular complexity index is 830. The van der Waals surface area contributed by atoms with Crippen molar-refractivity contribution < 1.29 is 0 Å². The molecule has 1 aliphatic rings. The molecule has 0 bridgehead atoms. The second-order valence-corrected chi connectivity index (χ2v) is 7.10. The summed E-state index contributed by atoms with van der Waals surface area (Å²) in [7, 11) is 0. The summed E-state index contributed by atoms with van der Waals surface area (Å²) in [6, 6.07) is 15.9. The van der Waals surface area contributed by atoms with Crippen LogP contribution in [0.5, 0.6) is 0 Å². The van der Waals surface area contributed by atoms with E-state index in [2.05, 4.69) is 65.8 Å². The number of piperidine rings is 1. The molecule has 0 N–H and O–H groups in total. The Morgan fingerprint density at radius 2 is 1.87 bits per heavy atom. The molecular weight excluding hydrogens is 280 g/mol. The van der Waals surface area contributed by atoms with E-state index < -0.39 is 0 Å². The van der Waals surface area contributed by atoms with Gasteiger partial charge in [0.05, 0.1) is 0 Å². The van der Waals surface area contributed by atoms with Crippen LogP contribution in [0.15, 0.2) is 42.5 Å². The first-order valence-electron chi connectivity index (χ1n) is 8.98. The number of rotatable bonds is 3. The minimum absolute atomic E-state index is 0.842. The molecule has 23 heavy (non-hydrogen) atoms. The van der Waals surface area contributed by atoms with Crippen molar-refractivity contribution in [3.8, 4) is 0 Å². The van der Waals surface area contributed by atoms with Gasteiger partial charge in [-0.3, -0.25) is 4.90 Å². The Balaban J connectivity index is 1.74. The molecule has 120 valence electrons. The van der Waals surface area contributed by atoms with E-state index in [4.69, 9.17) is 0 Å². The zero-order chi connectivity index (χ0) is 15.8.